The molecule has 4 nitrogen and oxygen atoms in total. The zero-order chi connectivity index (χ0) is 14.2. The lowest BCUT2D eigenvalue weighted by Gasteiger charge is -2.31. The summed E-state index contributed by atoms with van der Waals surface area (Å²) in [5.74, 6) is -0.0447. The van der Waals surface area contributed by atoms with E-state index in [1.807, 2.05) is 30.3 Å². The number of unbranched alkanes of at least 4 members (excludes halogenated alkanes) is 1. The summed E-state index contributed by atoms with van der Waals surface area (Å²) in [7, 11) is 0. The van der Waals surface area contributed by atoms with Gasteiger partial charge in [-0.25, -0.2) is 0 Å². The third-order valence-electron chi connectivity index (χ3n) is 3.67. The van der Waals surface area contributed by atoms with E-state index in [2.05, 4.69) is 5.32 Å². The maximum absolute atomic E-state index is 12.3. The van der Waals surface area contributed by atoms with Crippen molar-refractivity contribution in [1.29, 1.82) is 0 Å². The first-order chi connectivity index (χ1) is 9.83. The topological polar surface area (TPSA) is 58.6 Å². The molecule has 0 spiro atoms. The van der Waals surface area contributed by atoms with Crippen LogP contribution in [0.25, 0.3) is 0 Å². The van der Waals surface area contributed by atoms with Crippen molar-refractivity contribution in [2.24, 2.45) is 5.92 Å². The highest BCUT2D eigenvalue weighted by Gasteiger charge is 2.32. The number of carbonyl (C=O) groups excluding carboxylic acids is 1. The minimum absolute atomic E-state index is 0.0662. The van der Waals surface area contributed by atoms with Crippen LogP contribution in [0.5, 0.6) is 0 Å². The average Bonchev–Trinajstić information content (AvgIpc) is 2.52. The monoisotopic (exact) mass is 277 g/mol. The predicted octanol–water partition coefficient (Wildman–Crippen LogP) is 2.04. The van der Waals surface area contributed by atoms with Crippen molar-refractivity contribution in [3.63, 3.8) is 0 Å². The first kappa shape index (κ1) is 15.0. The summed E-state index contributed by atoms with van der Waals surface area (Å²) in [5.41, 5.74) is 1.07. The second-order valence-corrected chi connectivity index (χ2v) is 5.17. The van der Waals surface area contributed by atoms with E-state index in [1.54, 1.807) is 0 Å². The molecule has 1 heterocycles. The van der Waals surface area contributed by atoms with Crippen molar-refractivity contribution in [2.75, 3.05) is 19.8 Å². The Labute approximate surface area is 120 Å². The Bertz CT molecular complexity index is 407. The number of benzene rings is 1. The summed E-state index contributed by atoms with van der Waals surface area (Å²) in [6.07, 6.45) is 3.20. The first-order valence-corrected chi connectivity index (χ1v) is 7.38. The maximum atomic E-state index is 12.3. The summed E-state index contributed by atoms with van der Waals surface area (Å²) < 4.78 is 5.82. The zero-order valence-corrected chi connectivity index (χ0v) is 11.8. The number of hydrogen-bond donors (Lipinski definition) is 2. The van der Waals surface area contributed by atoms with Crippen LogP contribution in [0.3, 0.4) is 0 Å². The van der Waals surface area contributed by atoms with Crippen molar-refractivity contribution >= 4 is 5.91 Å². The summed E-state index contributed by atoms with van der Waals surface area (Å²) in [6.45, 7) is 1.51. The molecule has 1 aromatic rings. The minimum atomic E-state index is -0.136. The van der Waals surface area contributed by atoms with E-state index < -0.39 is 0 Å². The third-order valence-corrected chi connectivity index (χ3v) is 3.67. The number of nitrogens with one attached hydrogen (secondary N) is 1. The Morgan fingerprint density at radius 2 is 2.10 bits per heavy atom. The van der Waals surface area contributed by atoms with E-state index in [4.69, 9.17) is 9.84 Å². The van der Waals surface area contributed by atoms with Crippen LogP contribution < -0.4 is 5.32 Å². The number of rotatable bonds is 6. The fourth-order valence-electron chi connectivity index (χ4n) is 2.60. The van der Waals surface area contributed by atoms with Gasteiger partial charge in [0, 0.05) is 19.8 Å². The molecule has 20 heavy (non-hydrogen) atoms. The summed E-state index contributed by atoms with van der Waals surface area (Å²) in [5, 5.41) is 11.7. The Morgan fingerprint density at radius 1 is 1.30 bits per heavy atom. The minimum Gasteiger partial charge on any atom is -0.396 e. The van der Waals surface area contributed by atoms with Crippen LogP contribution in [0.15, 0.2) is 30.3 Å². The maximum Gasteiger partial charge on any atom is 0.226 e. The van der Waals surface area contributed by atoms with Crippen LogP contribution in [0.4, 0.5) is 0 Å². The van der Waals surface area contributed by atoms with Crippen molar-refractivity contribution in [1.82, 2.24) is 5.32 Å². The van der Waals surface area contributed by atoms with Gasteiger partial charge in [0.25, 0.3) is 0 Å². The van der Waals surface area contributed by atoms with Crippen LogP contribution in [0.2, 0.25) is 0 Å². The SMILES string of the molecule is O=C(NCCCCO)[C@H]1CCCO[C@@H]1c1ccccc1. The lowest BCUT2D eigenvalue weighted by Crippen LogP contribution is -2.38. The lowest BCUT2D eigenvalue weighted by atomic mass is 9.89. The molecule has 0 aromatic heterocycles. The Hall–Kier alpha value is -1.39. The van der Waals surface area contributed by atoms with Crippen molar-refractivity contribution in [3.05, 3.63) is 35.9 Å². The van der Waals surface area contributed by atoms with Crippen molar-refractivity contribution in [3.8, 4) is 0 Å². The molecule has 4 heteroatoms. The van der Waals surface area contributed by atoms with Gasteiger partial charge in [-0.15, -0.1) is 0 Å². The molecule has 0 bridgehead atoms. The molecular weight excluding hydrogens is 254 g/mol. The molecule has 1 fully saturated rings. The van der Waals surface area contributed by atoms with Gasteiger partial charge in [-0.2, -0.15) is 0 Å². The van der Waals surface area contributed by atoms with Crippen LogP contribution in [-0.4, -0.2) is 30.8 Å². The molecule has 0 unspecified atom stereocenters. The Morgan fingerprint density at radius 3 is 2.85 bits per heavy atom. The largest absolute Gasteiger partial charge is 0.396 e. The molecule has 110 valence electrons. The smallest absolute Gasteiger partial charge is 0.226 e. The van der Waals surface area contributed by atoms with Gasteiger partial charge in [-0.1, -0.05) is 30.3 Å². The van der Waals surface area contributed by atoms with E-state index in [1.165, 1.54) is 0 Å². The van der Waals surface area contributed by atoms with E-state index in [0.29, 0.717) is 13.2 Å². The highest BCUT2D eigenvalue weighted by Crippen LogP contribution is 2.33. The Kier molecular flexibility index (Phi) is 6.02. The quantitative estimate of drug-likeness (QED) is 0.782. The molecule has 1 aliphatic heterocycles. The molecule has 2 atom stereocenters. The second kappa shape index (κ2) is 8.02. The van der Waals surface area contributed by atoms with Gasteiger partial charge in [0.05, 0.1) is 12.0 Å². The van der Waals surface area contributed by atoms with Crippen molar-refractivity contribution < 1.29 is 14.6 Å². The van der Waals surface area contributed by atoms with Crippen LogP contribution in [-0.2, 0) is 9.53 Å². The Balaban J connectivity index is 1.94. The number of aliphatic hydroxyl groups is 1. The lowest BCUT2D eigenvalue weighted by molar-refractivity contribution is -0.134. The zero-order valence-electron chi connectivity index (χ0n) is 11.8. The molecule has 1 saturated heterocycles. The number of amides is 1. The van der Waals surface area contributed by atoms with E-state index in [-0.39, 0.29) is 24.5 Å². The molecule has 1 aromatic carbocycles. The third kappa shape index (κ3) is 4.05. The average molecular weight is 277 g/mol. The second-order valence-electron chi connectivity index (χ2n) is 5.17. The first-order valence-electron chi connectivity index (χ1n) is 7.38. The fourth-order valence-corrected chi connectivity index (χ4v) is 2.60. The van der Waals surface area contributed by atoms with Gasteiger partial charge in [-0.3, -0.25) is 4.79 Å². The standard InChI is InChI=1S/C16H23NO3/c18-11-5-4-10-17-16(19)14-9-6-12-20-15(14)13-7-2-1-3-8-13/h1-3,7-8,14-15,18H,4-6,9-12H2,(H,17,19)/t14-,15+/m0/s1. The number of hydrogen-bond acceptors (Lipinski definition) is 3. The van der Waals surface area contributed by atoms with Crippen LogP contribution in [0.1, 0.15) is 37.4 Å². The number of aliphatic hydroxyl groups excluding tert-OH is 1. The van der Waals surface area contributed by atoms with E-state index >= 15 is 0 Å². The highest BCUT2D eigenvalue weighted by atomic mass is 16.5. The van der Waals surface area contributed by atoms with Gasteiger partial charge in [-0.05, 0) is 31.2 Å². The molecule has 0 radical (unpaired) electrons. The summed E-state index contributed by atoms with van der Waals surface area (Å²) in [6, 6.07) is 9.95. The van der Waals surface area contributed by atoms with E-state index in [0.717, 1.165) is 31.2 Å². The predicted molar refractivity (Wildman–Crippen MR) is 77.2 cm³/mol. The molecular formula is C16H23NO3. The van der Waals surface area contributed by atoms with Gasteiger partial charge in [0.15, 0.2) is 0 Å². The number of ether oxygens (including phenoxy) is 1. The highest BCUT2D eigenvalue weighted by molar-refractivity contribution is 5.79. The fraction of sp³-hybridized carbons (Fsp3) is 0.562. The van der Waals surface area contributed by atoms with Gasteiger partial charge in [0.2, 0.25) is 5.91 Å². The van der Waals surface area contributed by atoms with Crippen LogP contribution in [0, 0.1) is 5.92 Å². The van der Waals surface area contributed by atoms with Gasteiger partial charge < -0.3 is 15.2 Å². The van der Waals surface area contributed by atoms with E-state index in [9.17, 15) is 4.79 Å². The molecule has 1 amide bonds. The molecule has 2 N–H and O–H groups in total. The molecule has 1 aliphatic rings. The van der Waals surface area contributed by atoms with Crippen molar-refractivity contribution in [2.45, 2.75) is 31.8 Å². The van der Waals surface area contributed by atoms with Gasteiger partial charge in [0.1, 0.15) is 0 Å². The molecule has 2 rings (SSSR count). The van der Waals surface area contributed by atoms with Crippen LogP contribution >= 0.6 is 0 Å². The molecule has 0 saturated carbocycles. The summed E-state index contributed by atoms with van der Waals surface area (Å²) >= 11 is 0. The summed E-state index contributed by atoms with van der Waals surface area (Å²) in [4.78, 5) is 12.3. The number of carbonyl (C=O) groups is 1. The van der Waals surface area contributed by atoms with Gasteiger partial charge >= 0.3 is 0 Å². The molecule has 0 aliphatic carbocycles. The normalized spacial score (nSPS) is 22.4.